The number of amides is 2. The van der Waals surface area contributed by atoms with Crippen molar-refractivity contribution in [2.75, 3.05) is 23.7 Å². The van der Waals surface area contributed by atoms with Gasteiger partial charge in [-0.1, -0.05) is 24.3 Å². The molecule has 30 heavy (non-hydrogen) atoms. The summed E-state index contributed by atoms with van der Waals surface area (Å²) in [5, 5.41) is 11.2. The van der Waals surface area contributed by atoms with E-state index >= 15 is 0 Å². The second-order valence-electron chi connectivity index (χ2n) is 6.76. The number of para-hydroxylation sites is 2. The van der Waals surface area contributed by atoms with Crippen molar-refractivity contribution in [1.29, 1.82) is 0 Å². The number of hydrogen-bond acceptors (Lipinski definition) is 6. The van der Waals surface area contributed by atoms with Crippen LogP contribution >= 0.6 is 11.8 Å². The molecule has 2 aromatic rings. The van der Waals surface area contributed by atoms with E-state index < -0.39 is 16.6 Å². The number of nitrogens with one attached hydrogen (secondary N) is 2. The average Bonchev–Trinajstić information content (AvgIpc) is 2.77. The summed E-state index contributed by atoms with van der Waals surface area (Å²) in [6.45, 7) is 1.00. The van der Waals surface area contributed by atoms with Crippen LogP contribution < -0.4 is 15.8 Å². The zero-order valence-electron chi connectivity index (χ0n) is 16.0. The quantitative estimate of drug-likeness (QED) is 0.413. The second kappa shape index (κ2) is 10.1. The van der Waals surface area contributed by atoms with Crippen molar-refractivity contribution in [3.8, 4) is 0 Å². The van der Waals surface area contributed by atoms with Crippen LogP contribution in [0.1, 0.15) is 12.8 Å². The number of rotatable bonds is 6. The Morgan fingerprint density at radius 2 is 1.77 bits per heavy atom. The fraction of sp³-hybridized carbons (Fsp3) is 0.300. The predicted molar refractivity (Wildman–Crippen MR) is 111 cm³/mol. The topological polar surface area (TPSA) is 105 Å². The molecule has 0 unspecified atom stereocenters. The molecule has 158 valence electrons. The van der Waals surface area contributed by atoms with Crippen LogP contribution in [0.5, 0.6) is 0 Å². The fourth-order valence-corrected chi connectivity index (χ4v) is 3.98. The van der Waals surface area contributed by atoms with E-state index in [9.17, 15) is 24.1 Å². The largest absolute Gasteiger partial charge is 0.366 e. The molecule has 10 heteroatoms. The van der Waals surface area contributed by atoms with E-state index in [2.05, 4.69) is 10.9 Å². The van der Waals surface area contributed by atoms with Gasteiger partial charge in [-0.15, -0.1) is 11.8 Å². The van der Waals surface area contributed by atoms with Gasteiger partial charge in [0, 0.05) is 30.0 Å². The number of hydrogen-bond donors (Lipinski definition) is 2. The van der Waals surface area contributed by atoms with Crippen molar-refractivity contribution in [2.24, 2.45) is 5.92 Å². The highest BCUT2D eigenvalue weighted by Crippen LogP contribution is 2.31. The van der Waals surface area contributed by atoms with E-state index in [1.165, 1.54) is 12.1 Å². The maximum absolute atomic E-state index is 13.6. The van der Waals surface area contributed by atoms with E-state index in [1.54, 1.807) is 36.4 Å². The zero-order valence-corrected chi connectivity index (χ0v) is 16.9. The van der Waals surface area contributed by atoms with Gasteiger partial charge >= 0.3 is 0 Å². The molecule has 3 rings (SSSR count). The number of piperidine rings is 1. The molecule has 0 aliphatic carbocycles. The average molecular weight is 432 g/mol. The van der Waals surface area contributed by atoms with Crippen LogP contribution in [0.15, 0.2) is 53.4 Å². The van der Waals surface area contributed by atoms with Crippen LogP contribution in [0.2, 0.25) is 0 Å². The lowest BCUT2D eigenvalue weighted by molar-refractivity contribution is -0.384. The van der Waals surface area contributed by atoms with Gasteiger partial charge in [-0.05, 0) is 31.0 Å². The van der Waals surface area contributed by atoms with Crippen molar-refractivity contribution in [3.05, 3.63) is 64.5 Å². The van der Waals surface area contributed by atoms with Gasteiger partial charge in [-0.2, -0.15) is 0 Å². The van der Waals surface area contributed by atoms with Gasteiger partial charge in [0.15, 0.2) is 0 Å². The summed E-state index contributed by atoms with van der Waals surface area (Å²) in [5.74, 6) is -1.47. The molecular weight excluding hydrogens is 411 g/mol. The number of halogens is 1. The lowest BCUT2D eigenvalue weighted by Crippen LogP contribution is -2.48. The molecule has 8 nitrogen and oxygen atoms in total. The highest BCUT2D eigenvalue weighted by Gasteiger charge is 2.28. The van der Waals surface area contributed by atoms with E-state index in [-0.39, 0.29) is 23.3 Å². The minimum Gasteiger partial charge on any atom is -0.366 e. The molecule has 1 saturated heterocycles. The summed E-state index contributed by atoms with van der Waals surface area (Å²) in [7, 11) is 0. The molecule has 2 N–H and O–H groups in total. The Labute approximate surface area is 176 Å². The van der Waals surface area contributed by atoms with Gasteiger partial charge in [0.2, 0.25) is 11.8 Å². The first kappa shape index (κ1) is 21.6. The number of nitro groups is 1. The van der Waals surface area contributed by atoms with E-state index in [0.29, 0.717) is 36.5 Å². The Morgan fingerprint density at radius 3 is 2.47 bits per heavy atom. The Bertz CT molecular complexity index is 935. The Morgan fingerprint density at radius 1 is 1.10 bits per heavy atom. The molecule has 1 aliphatic rings. The Hall–Kier alpha value is -3.14. The smallest absolute Gasteiger partial charge is 0.292 e. The van der Waals surface area contributed by atoms with E-state index in [1.807, 2.05) is 4.90 Å². The van der Waals surface area contributed by atoms with Crippen LogP contribution in [0.4, 0.5) is 15.8 Å². The van der Waals surface area contributed by atoms with E-state index in [4.69, 9.17) is 0 Å². The number of hydrazine groups is 1. The summed E-state index contributed by atoms with van der Waals surface area (Å²) in [6.07, 6.45) is 1.02. The monoisotopic (exact) mass is 432 g/mol. The molecule has 0 aromatic heterocycles. The molecule has 0 saturated carbocycles. The first-order valence-corrected chi connectivity index (χ1v) is 10.4. The Kier molecular flexibility index (Phi) is 7.23. The van der Waals surface area contributed by atoms with Crippen LogP contribution in [-0.2, 0) is 9.59 Å². The molecule has 0 bridgehead atoms. The van der Waals surface area contributed by atoms with Crippen molar-refractivity contribution < 1.29 is 18.9 Å². The number of anilines is 1. The zero-order chi connectivity index (χ0) is 21.5. The van der Waals surface area contributed by atoms with Crippen molar-refractivity contribution in [3.63, 3.8) is 0 Å². The Balaban J connectivity index is 1.44. The molecule has 2 amide bonds. The normalized spacial score (nSPS) is 14.2. The number of thioether (sulfide) groups is 1. The van der Waals surface area contributed by atoms with Crippen LogP contribution in [-0.4, -0.2) is 35.6 Å². The van der Waals surface area contributed by atoms with Crippen LogP contribution in [0, 0.1) is 21.8 Å². The van der Waals surface area contributed by atoms with Crippen molar-refractivity contribution >= 4 is 35.0 Å². The minimum atomic E-state index is -0.436. The van der Waals surface area contributed by atoms with Crippen molar-refractivity contribution in [2.45, 2.75) is 17.7 Å². The summed E-state index contributed by atoms with van der Waals surface area (Å²) in [5.41, 5.74) is 5.35. The summed E-state index contributed by atoms with van der Waals surface area (Å²) in [6, 6.07) is 12.7. The van der Waals surface area contributed by atoms with Crippen LogP contribution in [0.3, 0.4) is 0 Å². The van der Waals surface area contributed by atoms with Gasteiger partial charge in [0.25, 0.3) is 5.69 Å². The highest BCUT2D eigenvalue weighted by atomic mass is 32.2. The first-order valence-electron chi connectivity index (χ1n) is 9.40. The van der Waals surface area contributed by atoms with Gasteiger partial charge in [-0.3, -0.25) is 30.6 Å². The van der Waals surface area contributed by atoms with Gasteiger partial charge in [0.1, 0.15) is 11.5 Å². The lowest BCUT2D eigenvalue weighted by Gasteiger charge is -2.32. The molecule has 2 aromatic carbocycles. The molecule has 0 radical (unpaired) electrons. The van der Waals surface area contributed by atoms with Gasteiger partial charge in [-0.25, -0.2) is 4.39 Å². The SMILES string of the molecule is O=C(CSc1ccccc1F)NNC(=O)C1CCN(c2ccccc2[N+](=O)[O-])CC1. The number of nitrogens with zero attached hydrogens (tertiary/aromatic N) is 2. The highest BCUT2D eigenvalue weighted by molar-refractivity contribution is 8.00. The number of nitro benzene ring substituents is 1. The van der Waals surface area contributed by atoms with E-state index in [0.717, 1.165) is 11.8 Å². The molecule has 0 spiro atoms. The maximum Gasteiger partial charge on any atom is 0.292 e. The number of benzene rings is 2. The third-order valence-electron chi connectivity index (χ3n) is 4.81. The van der Waals surface area contributed by atoms with Gasteiger partial charge in [0.05, 0.1) is 10.7 Å². The molecule has 0 atom stereocenters. The van der Waals surface area contributed by atoms with Gasteiger partial charge < -0.3 is 4.90 Å². The standard InChI is InChI=1S/C20H21FN4O4S/c21-15-5-1-4-8-18(15)30-13-19(26)22-23-20(27)14-9-11-24(12-10-14)16-6-2-3-7-17(16)25(28)29/h1-8,14H,9-13H2,(H,22,26)(H,23,27). The maximum atomic E-state index is 13.6. The molecule has 1 fully saturated rings. The molecular formula is C20H21FN4O4S. The molecule has 1 aliphatic heterocycles. The lowest BCUT2D eigenvalue weighted by atomic mass is 9.95. The summed E-state index contributed by atoms with van der Waals surface area (Å²) >= 11 is 1.04. The summed E-state index contributed by atoms with van der Waals surface area (Å²) in [4.78, 5) is 37.3. The first-order chi connectivity index (χ1) is 14.5. The molecule has 1 heterocycles. The third kappa shape index (κ3) is 5.47. The minimum absolute atomic E-state index is 0.0304. The third-order valence-corrected chi connectivity index (χ3v) is 5.85. The van der Waals surface area contributed by atoms with Crippen LogP contribution in [0.25, 0.3) is 0 Å². The van der Waals surface area contributed by atoms with Crippen molar-refractivity contribution in [1.82, 2.24) is 10.9 Å². The number of carbonyl (C=O) groups is 2. The number of carbonyl (C=O) groups excluding carboxylic acids is 2. The second-order valence-corrected chi connectivity index (χ2v) is 7.78. The fourth-order valence-electron chi connectivity index (χ4n) is 3.24. The predicted octanol–water partition coefficient (Wildman–Crippen LogP) is 2.89. The summed E-state index contributed by atoms with van der Waals surface area (Å²) < 4.78 is 13.6.